The highest BCUT2D eigenvalue weighted by atomic mass is 16.5. The first-order chi connectivity index (χ1) is 12.4. The second kappa shape index (κ2) is 11.2. The predicted molar refractivity (Wildman–Crippen MR) is 89.9 cm³/mol. The van der Waals surface area contributed by atoms with E-state index in [-0.39, 0.29) is 19.4 Å². The van der Waals surface area contributed by atoms with Gasteiger partial charge in [0.15, 0.2) is 0 Å². The maximum Gasteiger partial charge on any atom is 0.411 e. The van der Waals surface area contributed by atoms with Crippen LogP contribution in [0.15, 0.2) is 42.6 Å². The van der Waals surface area contributed by atoms with E-state index in [9.17, 15) is 19.2 Å². The zero-order chi connectivity index (χ0) is 19.4. The average molecular weight is 364 g/mol. The molecule has 0 aliphatic heterocycles. The van der Waals surface area contributed by atoms with Crippen LogP contribution < -0.4 is 10.6 Å². The van der Waals surface area contributed by atoms with E-state index in [1.165, 1.54) is 12.3 Å². The lowest BCUT2D eigenvalue weighted by molar-refractivity contribution is -0.139. The molecule has 1 aromatic carbocycles. The normalized spacial score (nSPS) is 11.5. The molecule has 0 unspecified atom stereocenters. The van der Waals surface area contributed by atoms with E-state index in [1.807, 2.05) is 6.07 Å². The van der Waals surface area contributed by atoms with Gasteiger partial charge in [0.05, 0.1) is 5.92 Å². The van der Waals surface area contributed by atoms with Crippen LogP contribution in [0.5, 0.6) is 0 Å². The van der Waals surface area contributed by atoms with Gasteiger partial charge < -0.3 is 20.3 Å². The molecule has 140 valence electrons. The fourth-order valence-electron chi connectivity index (χ4n) is 1.88. The first kappa shape index (κ1) is 20.7. The number of benzene rings is 1. The number of carbonyl (C=O) groups excluding carboxylic acids is 2. The summed E-state index contributed by atoms with van der Waals surface area (Å²) in [5, 5.41) is 21.7. The van der Waals surface area contributed by atoms with Gasteiger partial charge in [-0.1, -0.05) is 36.4 Å². The summed E-state index contributed by atoms with van der Waals surface area (Å²) in [6, 6.07) is 9.02. The van der Waals surface area contributed by atoms with Gasteiger partial charge in [-0.05, 0) is 12.0 Å². The minimum Gasteiger partial charge on any atom is -0.481 e. The number of carboxylic acids is 2. The van der Waals surface area contributed by atoms with Crippen LogP contribution in [0.3, 0.4) is 0 Å². The van der Waals surface area contributed by atoms with Crippen molar-refractivity contribution in [2.45, 2.75) is 19.4 Å². The SMILES string of the molecule is O=C(O)CC[C@H](/C=C/NC(=O)OCc1ccccc1)C(=O)NCC(=O)O. The summed E-state index contributed by atoms with van der Waals surface area (Å²) in [6.45, 7) is -0.509. The lowest BCUT2D eigenvalue weighted by Gasteiger charge is -2.11. The Kier molecular flexibility index (Phi) is 8.94. The fraction of sp³-hybridized carbons (Fsp3) is 0.294. The monoisotopic (exact) mass is 364 g/mol. The molecule has 0 saturated carbocycles. The molecule has 0 aliphatic carbocycles. The lowest BCUT2D eigenvalue weighted by Crippen LogP contribution is -2.34. The van der Waals surface area contributed by atoms with E-state index in [0.29, 0.717) is 0 Å². The van der Waals surface area contributed by atoms with Crippen molar-refractivity contribution in [3.05, 3.63) is 48.2 Å². The summed E-state index contributed by atoms with van der Waals surface area (Å²) in [4.78, 5) is 44.6. The Morgan fingerprint density at radius 2 is 1.77 bits per heavy atom. The van der Waals surface area contributed by atoms with Gasteiger partial charge in [0.1, 0.15) is 13.2 Å². The van der Waals surface area contributed by atoms with Gasteiger partial charge in [-0.3, -0.25) is 19.7 Å². The van der Waals surface area contributed by atoms with Gasteiger partial charge in [-0.15, -0.1) is 0 Å². The molecule has 1 atom stereocenters. The molecule has 0 aromatic heterocycles. The molecule has 26 heavy (non-hydrogen) atoms. The van der Waals surface area contributed by atoms with Gasteiger partial charge in [0.25, 0.3) is 0 Å². The fourth-order valence-corrected chi connectivity index (χ4v) is 1.88. The van der Waals surface area contributed by atoms with Crippen molar-refractivity contribution in [2.24, 2.45) is 5.92 Å². The zero-order valence-corrected chi connectivity index (χ0v) is 13.9. The Labute approximate surface area is 149 Å². The molecule has 0 spiro atoms. The number of hydrogen-bond acceptors (Lipinski definition) is 5. The van der Waals surface area contributed by atoms with Crippen LogP contribution in [-0.4, -0.2) is 40.7 Å². The Balaban J connectivity index is 2.50. The third kappa shape index (κ3) is 9.06. The standard InChI is InChI=1S/C17H20N2O7/c20-14(21)7-6-13(16(24)19-10-15(22)23)8-9-18-17(25)26-11-12-4-2-1-3-5-12/h1-5,8-9,13H,6-7,10-11H2,(H,18,25)(H,19,24)(H,20,21)(H,22,23)/b9-8+/t13-/m1/s1. The van der Waals surface area contributed by atoms with E-state index in [4.69, 9.17) is 14.9 Å². The number of ether oxygens (including phenoxy) is 1. The van der Waals surface area contributed by atoms with Gasteiger partial charge in [-0.25, -0.2) is 4.79 Å². The van der Waals surface area contributed by atoms with E-state index in [0.717, 1.165) is 5.56 Å². The number of aliphatic carboxylic acids is 2. The van der Waals surface area contributed by atoms with E-state index >= 15 is 0 Å². The summed E-state index contributed by atoms with van der Waals surface area (Å²) < 4.78 is 4.97. The van der Waals surface area contributed by atoms with Crippen molar-refractivity contribution in [3.8, 4) is 0 Å². The summed E-state index contributed by atoms with van der Waals surface area (Å²) >= 11 is 0. The van der Waals surface area contributed by atoms with Crippen molar-refractivity contribution in [1.29, 1.82) is 0 Å². The third-order valence-corrected chi connectivity index (χ3v) is 3.16. The molecular formula is C17H20N2O7. The van der Waals surface area contributed by atoms with Crippen LogP contribution >= 0.6 is 0 Å². The highest BCUT2D eigenvalue weighted by Gasteiger charge is 2.17. The van der Waals surface area contributed by atoms with Crippen molar-refractivity contribution >= 4 is 23.9 Å². The van der Waals surface area contributed by atoms with Crippen molar-refractivity contribution in [1.82, 2.24) is 10.6 Å². The Morgan fingerprint density at radius 1 is 1.08 bits per heavy atom. The Morgan fingerprint density at radius 3 is 2.38 bits per heavy atom. The maximum atomic E-state index is 11.9. The van der Waals surface area contributed by atoms with E-state index in [1.54, 1.807) is 24.3 Å². The highest BCUT2D eigenvalue weighted by Crippen LogP contribution is 2.09. The molecular weight excluding hydrogens is 344 g/mol. The summed E-state index contributed by atoms with van der Waals surface area (Å²) in [7, 11) is 0. The number of carboxylic acid groups (broad SMARTS) is 2. The molecule has 1 aromatic rings. The molecule has 9 heteroatoms. The number of amides is 2. The molecule has 0 radical (unpaired) electrons. The molecule has 0 bridgehead atoms. The summed E-state index contributed by atoms with van der Waals surface area (Å²) in [5.41, 5.74) is 0.805. The highest BCUT2D eigenvalue weighted by molar-refractivity contribution is 5.84. The second-order valence-electron chi connectivity index (χ2n) is 5.22. The quantitative estimate of drug-likeness (QED) is 0.487. The van der Waals surface area contributed by atoms with Crippen LogP contribution in [0.4, 0.5) is 4.79 Å². The van der Waals surface area contributed by atoms with E-state index in [2.05, 4.69) is 10.6 Å². The Hall–Kier alpha value is -3.36. The molecule has 0 heterocycles. The van der Waals surface area contributed by atoms with E-state index < -0.39 is 36.4 Å². The zero-order valence-electron chi connectivity index (χ0n) is 13.9. The first-order valence-electron chi connectivity index (χ1n) is 7.73. The maximum absolute atomic E-state index is 11.9. The van der Waals surface area contributed by atoms with Crippen LogP contribution in [0, 0.1) is 5.92 Å². The summed E-state index contributed by atoms with van der Waals surface area (Å²) in [6.07, 6.45) is 1.38. The van der Waals surface area contributed by atoms with Crippen LogP contribution in [0.1, 0.15) is 18.4 Å². The van der Waals surface area contributed by atoms with Gasteiger partial charge >= 0.3 is 18.0 Å². The molecule has 1 rings (SSSR count). The number of nitrogens with one attached hydrogen (secondary N) is 2. The number of alkyl carbamates (subject to hydrolysis) is 1. The molecule has 0 aliphatic rings. The first-order valence-corrected chi connectivity index (χ1v) is 7.73. The van der Waals surface area contributed by atoms with Gasteiger partial charge in [0, 0.05) is 12.6 Å². The third-order valence-electron chi connectivity index (χ3n) is 3.16. The number of rotatable bonds is 10. The minimum absolute atomic E-state index is 0.0436. The molecule has 0 saturated heterocycles. The molecule has 9 nitrogen and oxygen atoms in total. The largest absolute Gasteiger partial charge is 0.481 e. The van der Waals surface area contributed by atoms with Crippen LogP contribution in [-0.2, 0) is 25.7 Å². The van der Waals surface area contributed by atoms with Crippen molar-refractivity contribution in [2.75, 3.05) is 6.54 Å². The van der Waals surface area contributed by atoms with Crippen molar-refractivity contribution in [3.63, 3.8) is 0 Å². The smallest absolute Gasteiger partial charge is 0.411 e. The average Bonchev–Trinajstić information content (AvgIpc) is 2.61. The van der Waals surface area contributed by atoms with Crippen LogP contribution in [0.25, 0.3) is 0 Å². The minimum atomic E-state index is -1.22. The Bertz CT molecular complexity index is 658. The predicted octanol–water partition coefficient (Wildman–Crippen LogP) is 1.11. The topological polar surface area (TPSA) is 142 Å². The van der Waals surface area contributed by atoms with Gasteiger partial charge in [0.2, 0.25) is 5.91 Å². The van der Waals surface area contributed by atoms with Crippen molar-refractivity contribution < 1.29 is 34.1 Å². The summed E-state index contributed by atoms with van der Waals surface area (Å²) in [5.74, 6) is -3.86. The molecule has 0 fully saturated rings. The molecule has 2 amide bonds. The number of carbonyl (C=O) groups is 4. The second-order valence-corrected chi connectivity index (χ2v) is 5.22. The number of hydrogen-bond donors (Lipinski definition) is 4. The lowest BCUT2D eigenvalue weighted by atomic mass is 10.0. The molecule has 4 N–H and O–H groups in total. The van der Waals surface area contributed by atoms with Gasteiger partial charge in [-0.2, -0.15) is 0 Å². The van der Waals surface area contributed by atoms with Crippen LogP contribution in [0.2, 0.25) is 0 Å².